The zero-order chi connectivity index (χ0) is 15.6. The molecule has 6 heteroatoms. The molecule has 0 bridgehead atoms. The number of piperidine rings is 1. The fourth-order valence-corrected chi connectivity index (χ4v) is 4.55. The second-order valence-corrected chi connectivity index (χ2v) is 7.49. The second kappa shape index (κ2) is 6.44. The van der Waals surface area contributed by atoms with Crippen molar-refractivity contribution in [1.29, 1.82) is 0 Å². The van der Waals surface area contributed by atoms with Gasteiger partial charge in [-0.25, -0.2) is 8.42 Å². The number of methoxy groups -OCH3 is 1. The molecule has 1 aromatic rings. The van der Waals surface area contributed by atoms with Gasteiger partial charge in [-0.3, -0.25) is 0 Å². The van der Waals surface area contributed by atoms with Crippen molar-refractivity contribution in [1.82, 2.24) is 4.31 Å². The Kier molecular flexibility index (Phi) is 5.03. The van der Waals surface area contributed by atoms with Gasteiger partial charge in [-0.15, -0.1) is 0 Å². The highest BCUT2D eigenvalue weighted by Crippen LogP contribution is 2.26. The van der Waals surface area contributed by atoms with Crippen LogP contribution in [0, 0.1) is 13.8 Å². The van der Waals surface area contributed by atoms with Crippen LogP contribution < -0.4 is 5.73 Å². The summed E-state index contributed by atoms with van der Waals surface area (Å²) in [5.74, 6) is 0. The Morgan fingerprint density at radius 2 is 1.86 bits per heavy atom. The van der Waals surface area contributed by atoms with Gasteiger partial charge in [0, 0.05) is 26.7 Å². The van der Waals surface area contributed by atoms with Gasteiger partial charge in [0.2, 0.25) is 10.0 Å². The topological polar surface area (TPSA) is 72.6 Å². The molecule has 0 amide bonds. The van der Waals surface area contributed by atoms with E-state index in [2.05, 4.69) is 0 Å². The Bertz CT molecular complexity index is 606. The van der Waals surface area contributed by atoms with E-state index < -0.39 is 10.0 Å². The van der Waals surface area contributed by atoms with Gasteiger partial charge >= 0.3 is 0 Å². The molecule has 1 aromatic carbocycles. The quantitative estimate of drug-likeness (QED) is 0.916. The van der Waals surface area contributed by atoms with Crippen molar-refractivity contribution in [3.05, 3.63) is 28.8 Å². The average molecular weight is 312 g/mol. The van der Waals surface area contributed by atoms with E-state index in [0.29, 0.717) is 24.5 Å². The van der Waals surface area contributed by atoms with Gasteiger partial charge in [-0.2, -0.15) is 4.31 Å². The summed E-state index contributed by atoms with van der Waals surface area (Å²) in [4.78, 5) is 0.379. The molecule has 1 heterocycles. The molecular weight excluding hydrogens is 288 g/mol. The van der Waals surface area contributed by atoms with E-state index in [1.54, 1.807) is 17.5 Å². The SMILES string of the molecule is COC1CCN(S(=O)(=O)c2cc(CN)c(C)cc2C)CC1. The molecule has 1 saturated heterocycles. The zero-order valence-electron chi connectivity index (χ0n) is 12.9. The number of hydrogen-bond donors (Lipinski definition) is 1. The number of nitrogens with two attached hydrogens (primary N) is 1. The maximum Gasteiger partial charge on any atom is 0.243 e. The first-order valence-electron chi connectivity index (χ1n) is 7.23. The van der Waals surface area contributed by atoms with Crippen molar-refractivity contribution in [3.63, 3.8) is 0 Å². The van der Waals surface area contributed by atoms with Crippen LogP contribution in [0.4, 0.5) is 0 Å². The minimum absolute atomic E-state index is 0.162. The first-order chi connectivity index (χ1) is 9.90. The van der Waals surface area contributed by atoms with Gasteiger partial charge in [0.05, 0.1) is 11.0 Å². The standard InChI is InChI=1S/C15H24N2O3S/c1-11-8-12(2)15(9-13(11)10-16)21(18,19)17-6-4-14(20-3)5-7-17/h8-9,14H,4-7,10,16H2,1-3H3. The van der Waals surface area contributed by atoms with Gasteiger partial charge in [0.25, 0.3) is 0 Å². The molecule has 2 N–H and O–H groups in total. The lowest BCUT2D eigenvalue weighted by atomic mass is 10.1. The molecule has 0 atom stereocenters. The highest BCUT2D eigenvalue weighted by molar-refractivity contribution is 7.89. The first kappa shape index (κ1) is 16.4. The van der Waals surface area contributed by atoms with Gasteiger partial charge in [-0.1, -0.05) is 6.07 Å². The van der Waals surface area contributed by atoms with Crippen LogP contribution in [0.25, 0.3) is 0 Å². The minimum Gasteiger partial charge on any atom is -0.381 e. The Balaban J connectivity index is 2.32. The van der Waals surface area contributed by atoms with Crippen molar-refractivity contribution in [2.75, 3.05) is 20.2 Å². The number of sulfonamides is 1. The monoisotopic (exact) mass is 312 g/mol. The number of hydrogen-bond acceptors (Lipinski definition) is 4. The number of rotatable bonds is 4. The Labute approximate surface area is 127 Å². The number of ether oxygens (including phenoxy) is 1. The number of benzene rings is 1. The van der Waals surface area contributed by atoms with Crippen LogP contribution in [0.15, 0.2) is 17.0 Å². The van der Waals surface area contributed by atoms with Crippen LogP contribution in [0.1, 0.15) is 29.5 Å². The fraction of sp³-hybridized carbons (Fsp3) is 0.600. The van der Waals surface area contributed by atoms with E-state index in [4.69, 9.17) is 10.5 Å². The molecular formula is C15H24N2O3S. The summed E-state index contributed by atoms with van der Waals surface area (Å²) in [6.45, 7) is 5.15. The van der Waals surface area contributed by atoms with Gasteiger partial charge in [0.1, 0.15) is 0 Å². The molecule has 0 spiro atoms. The van der Waals surface area contributed by atoms with Crippen LogP contribution in [-0.2, 0) is 21.3 Å². The van der Waals surface area contributed by atoms with Crippen molar-refractivity contribution in [3.8, 4) is 0 Å². The predicted molar refractivity (Wildman–Crippen MR) is 82.6 cm³/mol. The lowest BCUT2D eigenvalue weighted by Crippen LogP contribution is -2.40. The van der Waals surface area contributed by atoms with Gasteiger partial charge in [-0.05, 0) is 49.4 Å². The maximum absolute atomic E-state index is 12.8. The van der Waals surface area contributed by atoms with Crippen molar-refractivity contribution >= 4 is 10.0 Å². The van der Waals surface area contributed by atoms with E-state index in [1.807, 2.05) is 19.9 Å². The van der Waals surface area contributed by atoms with E-state index >= 15 is 0 Å². The summed E-state index contributed by atoms with van der Waals surface area (Å²) in [5.41, 5.74) is 8.39. The fourth-order valence-electron chi connectivity index (χ4n) is 2.82. The molecule has 0 saturated carbocycles. The Morgan fingerprint density at radius 1 is 1.24 bits per heavy atom. The summed E-state index contributed by atoms with van der Waals surface area (Å²) in [7, 11) is -1.78. The summed E-state index contributed by atoms with van der Waals surface area (Å²) in [5, 5.41) is 0. The third kappa shape index (κ3) is 3.29. The van der Waals surface area contributed by atoms with Crippen molar-refractivity contribution < 1.29 is 13.2 Å². The molecule has 5 nitrogen and oxygen atoms in total. The van der Waals surface area contributed by atoms with E-state index in [1.165, 1.54) is 0 Å². The van der Waals surface area contributed by atoms with E-state index in [9.17, 15) is 8.42 Å². The molecule has 1 aliphatic rings. The molecule has 0 unspecified atom stereocenters. The molecule has 0 radical (unpaired) electrons. The van der Waals surface area contributed by atoms with Crippen molar-refractivity contribution in [2.24, 2.45) is 5.73 Å². The normalized spacial score (nSPS) is 18.1. The molecule has 2 rings (SSSR count). The van der Waals surface area contributed by atoms with E-state index in [-0.39, 0.29) is 6.10 Å². The number of aryl methyl sites for hydroxylation is 2. The van der Waals surface area contributed by atoms with Crippen LogP contribution in [0.3, 0.4) is 0 Å². The van der Waals surface area contributed by atoms with Crippen molar-refractivity contribution in [2.45, 2.75) is 44.2 Å². The lowest BCUT2D eigenvalue weighted by molar-refractivity contribution is 0.0604. The smallest absolute Gasteiger partial charge is 0.243 e. The largest absolute Gasteiger partial charge is 0.381 e. The third-order valence-electron chi connectivity index (χ3n) is 4.21. The molecule has 1 aliphatic heterocycles. The molecule has 0 aromatic heterocycles. The molecule has 118 valence electrons. The highest BCUT2D eigenvalue weighted by atomic mass is 32.2. The molecule has 21 heavy (non-hydrogen) atoms. The van der Waals surface area contributed by atoms with Crippen LogP contribution in [0.5, 0.6) is 0 Å². The van der Waals surface area contributed by atoms with Gasteiger partial charge in [0.15, 0.2) is 0 Å². The van der Waals surface area contributed by atoms with Crippen LogP contribution in [-0.4, -0.2) is 39.0 Å². The average Bonchev–Trinajstić information content (AvgIpc) is 2.47. The first-order valence-corrected chi connectivity index (χ1v) is 8.67. The van der Waals surface area contributed by atoms with Crippen LogP contribution >= 0.6 is 0 Å². The highest BCUT2D eigenvalue weighted by Gasteiger charge is 2.30. The second-order valence-electron chi connectivity index (χ2n) is 5.59. The third-order valence-corrected chi connectivity index (χ3v) is 6.25. The summed E-state index contributed by atoms with van der Waals surface area (Å²) in [6, 6.07) is 3.62. The molecule has 1 fully saturated rings. The summed E-state index contributed by atoms with van der Waals surface area (Å²) >= 11 is 0. The maximum atomic E-state index is 12.8. The lowest BCUT2D eigenvalue weighted by Gasteiger charge is -2.31. The van der Waals surface area contributed by atoms with Crippen LogP contribution in [0.2, 0.25) is 0 Å². The summed E-state index contributed by atoms with van der Waals surface area (Å²) in [6.07, 6.45) is 1.64. The minimum atomic E-state index is -3.45. The zero-order valence-corrected chi connectivity index (χ0v) is 13.7. The summed E-state index contributed by atoms with van der Waals surface area (Å²) < 4.78 is 32.5. The Morgan fingerprint density at radius 3 is 2.38 bits per heavy atom. The molecule has 0 aliphatic carbocycles. The number of nitrogens with zero attached hydrogens (tertiary/aromatic N) is 1. The van der Waals surface area contributed by atoms with E-state index in [0.717, 1.165) is 29.5 Å². The van der Waals surface area contributed by atoms with Gasteiger partial charge < -0.3 is 10.5 Å². The predicted octanol–water partition coefficient (Wildman–Crippen LogP) is 1.56. The Hall–Kier alpha value is -0.950.